The highest BCUT2D eigenvalue weighted by molar-refractivity contribution is 5.62. The summed E-state index contributed by atoms with van der Waals surface area (Å²) in [5, 5.41) is 12.4. The third-order valence-corrected chi connectivity index (χ3v) is 5.02. The van der Waals surface area contributed by atoms with Crippen LogP contribution in [0, 0.1) is 13.8 Å². The molecule has 1 saturated carbocycles. The number of aryl methyl sites for hydroxylation is 2. The second-order valence-electron chi connectivity index (χ2n) is 6.50. The molecule has 0 radical (unpaired) electrons. The number of hydrogen-bond acceptors (Lipinski definition) is 4. The maximum Gasteiger partial charge on any atom is 0.181 e. The van der Waals surface area contributed by atoms with Gasteiger partial charge in [-0.05, 0) is 48.7 Å². The summed E-state index contributed by atoms with van der Waals surface area (Å²) in [6.07, 6.45) is 10.1. The van der Waals surface area contributed by atoms with Crippen LogP contribution in [-0.2, 0) is 5.54 Å². The average Bonchev–Trinajstić information content (AvgIpc) is 3.00. The van der Waals surface area contributed by atoms with Gasteiger partial charge in [-0.2, -0.15) is 0 Å². The molecule has 1 aliphatic heterocycles. The van der Waals surface area contributed by atoms with Gasteiger partial charge in [0.05, 0.1) is 0 Å². The summed E-state index contributed by atoms with van der Waals surface area (Å²) >= 11 is 0. The SMILES string of the molecule is Cc1ccc(N2C=Cn3nnnc3C23CCCCC3)c(C)c1. The maximum absolute atomic E-state index is 4.37. The van der Waals surface area contributed by atoms with E-state index in [1.54, 1.807) is 0 Å². The highest BCUT2D eigenvalue weighted by Crippen LogP contribution is 2.46. The molecule has 1 spiro atoms. The van der Waals surface area contributed by atoms with E-state index in [0.717, 1.165) is 18.7 Å². The summed E-state index contributed by atoms with van der Waals surface area (Å²) in [5.74, 6) is 0.981. The second-order valence-corrected chi connectivity index (χ2v) is 6.50. The minimum absolute atomic E-state index is 0.101. The van der Waals surface area contributed by atoms with Crippen LogP contribution in [-0.4, -0.2) is 20.2 Å². The monoisotopic (exact) mass is 295 g/mol. The van der Waals surface area contributed by atoms with Crippen molar-refractivity contribution in [3.05, 3.63) is 41.4 Å². The highest BCUT2D eigenvalue weighted by atomic mass is 15.6. The summed E-state index contributed by atoms with van der Waals surface area (Å²) < 4.78 is 1.84. The van der Waals surface area contributed by atoms with Crippen LogP contribution >= 0.6 is 0 Å². The van der Waals surface area contributed by atoms with Gasteiger partial charge in [0.1, 0.15) is 5.54 Å². The Labute approximate surface area is 130 Å². The summed E-state index contributed by atoms with van der Waals surface area (Å²) in [6, 6.07) is 6.66. The average molecular weight is 295 g/mol. The molecule has 1 aromatic heterocycles. The van der Waals surface area contributed by atoms with Crippen molar-refractivity contribution in [2.45, 2.75) is 51.5 Å². The van der Waals surface area contributed by atoms with Gasteiger partial charge in [0.25, 0.3) is 0 Å². The molecule has 1 aromatic carbocycles. The first kappa shape index (κ1) is 13.5. The van der Waals surface area contributed by atoms with Gasteiger partial charge in [-0.25, -0.2) is 4.68 Å². The van der Waals surface area contributed by atoms with E-state index in [-0.39, 0.29) is 5.54 Å². The van der Waals surface area contributed by atoms with Crippen molar-refractivity contribution in [1.82, 2.24) is 20.2 Å². The smallest absolute Gasteiger partial charge is 0.181 e. The summed E-state index contributed by atoms with van der Waals surface area (Å²) in [5.41, 5.74) is 3.76. The molecule has 1 aliphatic carbocycles. The van der Waals surface area contributed by atoms with E-state index < -0.39 is 0 Å². The molecule has 2 aromatic rings. The summed E-state index contributed by atoms with van der Waals surface area (Å²) in [6.45, 7) is 4.32. The lowest BCUT2D eigenvalue weighted by Gasteiger charge is -2.46. The predicted octanol–water partition coefficient (Wildman–Crippen LogP) is 3.40. The van der Waals surface area contributed by atoms with E-state index in [1.807, 2.05) is 10.9 Å². The van der Waals surface area contributed by atoms with E-state index in [2.05, 4.69) is 58.7 Å². The third kappa shape index (κ3) is 1.88. The van der Waals surface area contributed by atoms with Gasteiger partial charge in [0.2, 0.25) is 0 Å². The van der Waals surface area contributed by atoms with Crippen LogP contribution in [0.25, 0.3) is 6.20 Å². The van der Waals surface area contributed by atoms with Crippen LogP contribution in [0.3, 0.4) is 0 Å². The first-order chi connectivity index (χ1) is 10.7. The molecule has 0 bridgehead atoms. The van der Waals surface area contributed by atoms with Crippen molar-refractivity contribution in [3.8, 4) is 0 Å². The van der Waals surface area contributed by atoms with Gasteiger partial charge in [-0.15, -0.1) is 5.10 Å². The molecular formula is C17H21N5. The van der Waals surface area contributed by atoms with Gasteiger partial charge >= 0.3 is 0 Å². The largest absolute Gasteiger partial charge is 0.333 e. The zero-order chi connectivity index (χ0) is 15.2. The highest BCUT2D eigenvalue weighted by Gasteiger charge is 2.45. The second kappa shape index (κ2) is 4.93. The molecule has 0 atom stereocenters. The minimum Gasteiger partial charge on any atom is -0.333 e. The van der Waals surface area contributed by atoms with Crippen molar-refractivity contribution in [1.29, 1.82) is 0 Å². The Bertz CT molecular complexity index is 724. The molecule has 2 aliphatic rings. The molecule has 114 valence electrons. The zero-order valence-corrected chi connectivity index (χ0v) is 13.2. The minimum atomic E-state index is -0.101. The number of benzene rings is 1. The zero-order valence-electron chi connectivity index (χ0n) is 13.2. The first-order valence-corrected chi connectivity index (χ1v) is 8.04. The van der Waals surface area contributed by atoms with Crippen LogP contribution in [0.2, 0.25) is 0 Å². The number of aromatic nitrogens is 4. The number of tetrazole rings is 1. The molecular weight excluding hydrogens is 274 g/mol. The Balaban J connectivity index is 1.87. The fourth-order valence-corrected chi connectivity index (χ4v) is 3.97. The van der Waals surface area contributed by atoms with Crippen LogP contribution < -0.4 is 4.90 Å². The quantitative estimate of drug-likeness (QED) is 0.809. The first-order valence-electron chi connectivity index (χ1n) is 8.04. The lowest BCUT2D eigenvalue weighted by atomic mass is 9.78. The topological polar surface area (TPSA) is 46.8 Å². The standard InChI is InChI=1S/C17H21N5/c1-13-6-7-15(14(2)12-13)21-10-11-22-16(18-19-20-22)17(21)8-4-3-5-9-17/h6-7,10-12H,3-5,8-9H2,1-2H3. The molecule has 22 heavy (non-hydrogen) atoms. The van der Waals surface area contributed by atoms with Gasteiger partial charge in [-0.3, -0.25) is 0 Å². The third-order valence-electron chi connectivity index (χ3n) is 5.02. The van der Waals surface area contributed by atoms with Crippen molar-refractivity contribution in [3.63, 3.8) is 0 Å². The van der Waals surface area contributed by atoms with Crippen LogP contribution in [0.4, 0.5) is 5.69 Å². The lowest BCUT2D eigenvalue weighted by molar-refractivity contribution is 0.273. The van der Waals surface area contributed by atoms with Crippen LogP contribution in [0.5, 0.6) is 0 Å². The van der Waals surface area contributed by atoms with E-state index in [4.69, 9.17) is 0 Å². The van der Waals surface area contributed by atoms with E-state index in [1.165, 1.54) is 36.1 Å². The summed E-state index contributed by atoms with van der Waals surface area (Å²) in [7, 11) is 0. The van der Waals surface area contributed by atoms with Gasteiger partial charge < -0.3 is 4.90 Å². The van der Waals surface area contributed by atoms with Crippen molar-refractivity contribution in [2.24, 2.45) is 0 Å². The van der Waals surface area contributed by atoms with Crippen molar-refractivity contribution in [2.75, 3.05) is 4.90 Å². The molecule has 4 rings (SSSR count). The molecule has 5 heteroatoms. The molecule has 0 amide bonds. The van der Waals surface area contributed by atoms with Crippen LogP contribution in [0.15, 0.2) is 24.4 Å². The number of fused-ring (bicyclic) bond motifs is 2. The van der Waals surface area contributed by atoms with Gasteiger partial charge in [0, 0.05) is 18.1 Å². The van der Waals surface area contributed by atoms with E-state index in [9.17, 15) is 0 Å². The molecule has 0 N–H and O–H groups in total. The lowest BCUT2D eigenvalue weighted by Crippen LogP contribution is -2.48. The molecule has 0 unspecified atom stereocenters. The van der Waals surface area contributed by atoms with E-state index >= 15 is 0 Å². The Kier molecular flexibility index (Phi) is 3.03. The molecule has 0 saturated heterocycles. The number of hydrogen-bond donors (Lipinski definition) is 0. The number of anilines is 1. The fraction of sp³-hybridized carbons (Fsp3) is 0.471. The van der Waals surface area contributed by atoms with Crippen molar-refractivity contribution < 1.29 is 0 Å². The Morgan fingerprint density at radius 2 is 1.86 bits per heavy atom. The Morgan fingerprint density at radius 3 is 2.64 bits per heavy atom. The van der Waals surface area contributed by atoms with Crippen molar-refractivity contribution >= 4 is 11.9 Å². The number of nitrogens with zero attached hydrogens (tertiary/aromatic N) is 5. The molecule has 2 heterocycles. The predicted molar refractivity (Wildman–Crippen MR) is 86.3 cm³/mol. The Morgan fingerprint density at radius 1 is 1.05 bits per heavy atom. The normalized spacial score (nSPS) is 19.5. The van der Waals surface area contributed by atoms with Gasteiger partial charge in [0.15, 0.2) is 5.82 Å². The maximum atomic E-state index is 4.37. The van der Waals surface area contributed by atoms with Crippen LogP contribution in [0.1, 0.15) is 49.1 Å². The number of rotatable bonds is 1. The molecule has 5 nitrogen and oxygen atoms in total. The molecule has 1 fully saturated rings. The van der Waals surface area contributed by atoms with Gasteiger partial charge in [-0.1, -0.05) is 37.0 Å². The van der Waals surface area contributed by atoms with E-state index in [0.29, 0.717) is 0 Å². The Hall–Kier alpha value is -2.17. The summed E-state index contributed by atoms with van der Waals surface area (Å²) in [4.78, 5) is 2.41. The fourth-order valence-electron chi connectivity index (χ4n) is 3.97.